The Morgan fingerprint density at radius 1 is 0.828 bits per heavy atom. The number of nitrogens with zero attached hydrogens (tertiary/aromatic N) is 2. The van der Waals surface area contributed by atoms with Crippen LogP contribution in [0.15, 0.2) is 48.5 Å². The van der Waals surface area contributed by atoms with Gasteiger partial charge < -0.3 is 14.9 Å². The number of rotatable bonds is 6. The SMILES string of the molecule is Cc1ccccc1CC(=O)N1CCN(C(=O)CCc2ccccc2C(=O)O)CC1. The molecule has 6 heteroatoms. The van der Waals surface area contributed by atoms with Crippen LogP contribution in [-0.2, 0) is 22.4 Å². The molecule has 1 aliphatic rings. The van der Waals surface area contributed by atoms with Crippen LogP contribution < -0.4 is 0 Å². The van der Waals surface area contributed by atoms with E-state index in [4.69, 9.17) is 0 Å². The Balaban J connectivity index is 1.49. The molecule has 0 spiro atoms. The monoisotopic (exact) mass is 394 g/mol. The molecule has 1 aliphatic heterocycles. The summed E-state index contributed by atoms with van der Waals surface area (Å²) in [5.41, 5.74) is 3.05. The number of benzene rings is 2. The minimum atomic E-state index is -0.978. The quantitative estimate of drug-likeness (QED) is 0.817. The largest absolute Gasteiger partial charge is 0.478 e. The molecule has 29 heavy (non-hydrogen) atoms. The Kier molecular flexibility index (Phi) is 6.65. The summed E-state index contributed by atoms with van der Waals surface area (Å²) in [6, 6.07) is 14.6. The Hall–Kier alpha value is -3.15. The molecule has 0 aromatic heterocycles. The first-order valence-corrected chi connectivity index (χ1v) is 9.87. The second kappa shape index (κ2) is 9.37. The minimum absolute atomic E-state index is 0.00352. The van der Waals surface area contributed by atoms with Crippen molar-refractivity contribution in [3.05, 3.63) is 70.8 Å². The predicted octanol–water partition coefficient (Wildman–Crippen LogP) is 2.54. The van der Waals surface area contributed by atoms with E-state index in [2.05, 4.69) is 0 Å². The third kappa shape index (κ3) is 5.22. The van der Waals surface area contributed by atoms with Gasteiger partial charge in [0, 0.05) is 32.6 Å². The van der Waals surface area contributed by atoms with E-state index in [0.29, 0.717) is 44.6 Å². The zero-order chi connectivity index (χ0) is 20.8. The van der Waals surface area contributed by atoms with Crippen molar-refractivity contribution in [1.82, 2.24) is 9.80 Å². The number of carboxylic acids is 1. The Bertz CT molecular complexity index is 901. The van der Waals surface area contributed by atoms with E-state index in [1.54, 1.807) is 29.2 Å². The van der Waals surface area contributed by atoms with Crippen LogP contribution in [0.4, 0.5) is 0 Å². The Morgan fingerprint density at radius 2 is 1.38 bits per heavy atom. The van der Waals surface area contributed by atoms with Crippen LogP contribution in [0, 0.1) is 6.92 Å². The second-order valence-corrected chi connectivity index (χ2v) is 7.33. The Morgan fingerprint density at radius 3 is 2.00 bits per heavy atom. The summed E-state index contributed by atoms with van der Waals surface area (Å²) in [5.74, 6) is -0.896. The number of hydrogen-bond acceptors (Lipinski definition) is 3. The van der Waals surface area contributed by atoms with Crippen LogP contribution in [0.5, 0.6) is 0 Å². The summed E-state index contributed by atoms with van der Waals surface area (Å²) in [7, 11) is 0. The number of carboxylic acid groups (broad SMARTS) is 1. The molecule has 1 saturated heterocycles. The molecule has 0 bridgehead atoms. The van der Waals surface area contributed by atoms with Gasteiger partial charge in [-0.3, -0.25) is 9.59 Å². The van der Waals surface area contributed by atoms with Gasteiger partial charge in [0.2, 0.25) is 11.8 Å². The molecule has 6 nitrogen and oxygen atoms in total. The van der Waals surface area contributed by atoms with Gasteiger partial charge in [0.05, 0.1) is 12.0 Å². The van der Waals surface area contributed by atoms with Gasteiger partial charge in [0.15, 0.2) is 0 Å². The third-order valence-electron chi connectivity index (χ3n) is 5.44. The first-order valence-electron chi connectivity index (χ1n) is 9.87. The number of hydrogen-bond donors (Lipinski definition) is 1. The van der Waals surface area contributed by atoms with Crippen molar-refractivity contribution in [3.63, 3.8) is 0 Å². The average molecular weight is 394 g/mol. The molecule has 1 N–H and O–H groups in total. The smallest absolute Gasteiger partial charge is 0.335 e. The molecular formula is C23H26N2O4. The van der Waals surface area contributed by atoms with E-state index in [1.165, 1.54) is 0 Å². The summed E-state index contributed by atoms with van der Waals surface area (Å²) in [5, 5.41) is 9.25. The minimum Gasteiger partial charge on any atom is -0.478 e. The predicted molar refractivity (Wildman–Crippen MR) is 110 cm³/mol. The highest BCUT2D eigenvalue weighted by atomic mass is 16.4. The van der Waals surface area contributed by atoms with E-state index in [-0.39, 0.29) is 23.8 Å². The fourth-order valence-electron chi connectivity index (χ4n) is 3.64. The maximum absolute atomic E-state index is 12.6. The fourth-order valence-corrected chi connectivity index (χ4v) is 3.64. The van der Waals surface area contributed by atoms with Crippen molar-refractivity contribution < 1.29 is 19.5 Å². The lowest BCUT2D eigenvalue weighted by molar-refractivity contribution is -0.139. The normalized spacial score (nSPS) is 14.0. The zero-order valence-electron chi connectivity index (χ0n) is 16.6. The molecule has 0 atom stereocenters. The molecule has 0 unspecified atom stereocenters. The fraction of sp³-hybridized carbons (Fsp3) is 0.348. The number of aryl methyl sites for hydroxylation is 2. The molecule has 2 aromatic carbocycles. The van der Waals surface area contributed by atoms with Gasteiger partial charge >= 0.3 is 5.97 Å². The van der Waals surface area contributed by atoms with E-state index >= 15 is 0 Å². The van der Waals surface area contributed by atoms with E-state index in [9.17, 15) is 19.5 Å². The molecule has 2 aromatic rings. The lowest BCUT2D eigenvalue weighted by atomic mass is 10.0. The molecule has 0 aliphatic carbocycles. The number of carbonyl (C=O) groups excluding carboxylic acids is 2. The molecule has 3 rings (SSSR count). The van der Waals surface area contributed by atoms with Gasteiger partial charge in [-0.15, -0.1) is 0 Å². The first-order chi connectivity index (χ1) is 14.0. The summed E-state index contributed by atoms with van der Waals surface area (Å²) in [6.07, 6.45) is 1.04. The van der Waals surface area contributed by atoms with Crippen molar-refractivity contribution in [2.45, 2.75) is 26.2 Å². The lowest BCUT2D eigenvalue weighted by Gasteiger charge is -2.35. The van der Waals surface area contributed by atoms with Gasteiger partial charge in [-0.25, -0.2) is 4.79 Å². The zero-order valence-corrected chi connectivity index (χ0v) is 16.6. The molecule has 0 saturated carbocycles. The van der Waals surface area contributed by atoms with Crippen LogP contribution in [0.2, 0.25) is 0 Å². The molecule has 1 heterocycles. The van der Waals surface area contributed by atoms with Gasteiger partial charge in [-0.1, -0.05) is 42.5 Å². The van der Waals surface area contributed by atoms with Crippen LogP contribution in [0.25, 0.3) is 0 Å². The standard InChI is InChI=1S/C23H26N2O4/c1-17-6-2-3-8-19(17)16-22(27)25-14-12-24(13-15-25)21(26)11-10-18-7-4-5-9-20(18)23(28)29/h2-9H,10-16H2,1H3,(H,28,29). The molecule has 152 valence electrons. The van der Waals surface area contributed by atoms with E-state index in [0.717, 1.165) is 11.1 Å². The second-order valence-electron chi connectivity index (χ2n) is 7.33. The third-order valence-corrected chi connectivity index (χ3v) is 5.44. The van der Waals surface area contributed by atoms with Gasteiger partial charge in [-0.2, -0.15) is 0 Å². The van der Waals surface area contributed by atoms with Crippen molar-refractivity contribution in [3.8, 4) is 0 Å². The van der Waals surface area contributed by atoms with Crippen molar-refractivity contribution in [2.75, 3.05) is 26.2 Å². The van der Waals surface area contributed by atoms with Crippen LogP contribution >= 0.6 is 0 Å². The highest BCUT2D eigenvalue weighted by molar-refractivity contribution is 5.89. The number of aromatic carboxylic acids is 1. The van der Waals surface area contributed by atoms with E-state index in [1.807, 2.05) is 36.1 Å². The highest BCUT2D eigenvalue weighted by Crippen LogP contribution is 2.14. The highest BCUT2D eigenvalue weighted by Gasteiger charge is 2.24. The maximum atomic E-state index is 12.6. The van der Waals surface area contributed by atoms with Gasteiger partial charge in [-0.05, 0) is 36.1 Å². The molecular weight excluding hydrogens is 368 g/mol. The number of amides is 2. The van der Waals surface area contributed by atoms with Crippen LogP contribution in [-0.4, -0.2) is 58.9 Å². The summed E-state index contributed by atoms with van der Waals surface area (Å²) >= 11 is 0. The first kappa shape index (κ1) is 20.6. The lowest BCUT2D eigenvalue weighted by Crippen LogP contribution is -2.51. The van der Waals surface area contributed by atoms with Gasteiger partial charge in [0.1, 0.15) is 0 Å². The summed E-state index contributed by atoms with van der Waals surface area (Å²) < 4.78 is 0. The maximum Gasteiger partial charge on any atom is 0.335 e. The topological polar surface area (TPSA) is 77.9 Å². The average Bonchev–Trinajstić information content (AvgIpc) is 2.74. The van der Waals surface area contributed by atoms with E-state index < -0.39 is 5.97 Å². The number of piperazine rings is 1. The number of carbonyl (C=O) groups is 3. The van der Waals surface area contributed by atoms with Crippen LogP contribution in [0.1, 0.15) is 33.5 Å². The molecule has 2 amide bonds. The van der Waals surface area contributed by atoms with Crippen molar-refractivity contribution >= 4 is 17.8 Å². The van der Waals surface area contributed by atoms with Crippen molar-refractivity contribution in [1.29, 1.82) is 0 Å². The van der Waals surface area contributed by atoms with Gasteiger partial charge in [0.25, 0.3) is 0 Å². The van der Waals surface area contributed by atoms with Crippen molar-refractivity contribution in [2.24, 2.45) is 0 Å². The molecule has 0 radical (unpaired) electrons. The van der Waals surface area contributed by atoms with Crippen LogP contribution in [0.3, 0.4) is 0 Å². The summed E-state index contributed by atoms with van der Waals surface area (Å²) in [6.45, 7) is 4.09. The summed E-state index contributed by atoms with van der Waals surface area (Å²) in [4.78, 5) is 40.0. The Labute approximate surface area is 170 Å². The molecule has 1 fully saturated rings.